The first-order valence-corrected chi connectivity index (χ1v) is 10.7. The molecular formula is C24H26N6O2. The number of hydrogen-bond donors (Lipinski definition) is 2. The molecule has 0 aliphatic carbocycles. The topological polar surface area (TPSA) is 107 Å². The highest BCUT2D eigenvalue weighted by atomic mass is 16.3. The van der Waals surface area contributed by atoms with Crippen LogP contribution in [0.1, 0.15) is 40.7 Å². The van der Waals surface area contributed by atoms with Crippen LogP contribution in [0.25, 0.3) is 16.9 Å². The Kier molecular flexibility index (Phi) is 6.19. The number of nitrogens with one attached hydrogen (secondary N) is 1. The van der Waals surface area contributed by atoms with Gasteiger partial charge < -0.3 is 15.3 Å². The number of nitriles is 1. The molecule has 1 unspecified atom stereocenters. The molecular weight excluding hydrogens is 404 g/mol. The first-order valence-electron chi connectivity index (χ1n) is 10.7. The van der Waals surface area contributed by atoms with Crippen LogP contribution in [0, 0.1) is 18.3 Å². The molecule has 32 heavy (non-hydrogen) atoms. The summed E-state index contributed by atoms with van der Waals surface area (Å²) < 4.78 is 1.32. The van der Waals surface area contributed by atoms with Crippen LogP contribution in [0.4, 0.5) is 0 Å². The number of amides is 1. The van der Waals surface area contributed by atoms with Gasteiger partial charge in [-0.15, -0.1) is 0 Å². The monoisotopic (exact) mass is 430 g/mol. The Labute approximate surface area is 187 Å². The van der Waals surface area contributed by atoms with E-state index in [1.807, 2.05) is 6.92 Å². The molecule has 1 atom stereocenters. The van der Waals surface area contributed by atoms with Crippen LogP contribution in [0.2, 0.25) is 0 Å². The standard InChI is InChI=1S/C24H26N6O2/c1-16-12-17(13-25)5-7-20(16)21-15-28-30(24(21)32)22-8-6-18(14-27-22)23(31)26-10-9-19-4-3-11-29(19)2/h5-8,12,14-15,19,32H,3-4,9-11H2,1-2H3,(H,26,31). The molecule has 8 heteroatoms. The molecule has 1 aliphatic heterocycles. The first-order chi connectivity index (χ1) is 15.5. The van der Waals surface area contributed by atoms with Crippen molar-refractivity contribution in [3.8, 4) is 28.9 Å². The van der Waals surface area contributed by atoms with Gasteiger partial charge in [0.05, 0.1) is 29.0 Å². The zero-order valence-electron chi connectivity index (χ0n) is 18.2. The maximum absolute atomic E-state index is 12.4. The van der Waals surface area contributed by atoms with E-state index in [2.05, 4.69) is 33.4 Å². The summed E-state index contributed by atoms with van der Waals surface area (Å²) >= 11 is 0. The molecule has 8 nitrogen and oxygen atoms in total. The average Bonchev–Trinajstić information content (AvgIpc) is 3.39. The minimum atomic E-state index is -0.164. The van der Waals surface area contributed by atoms with Crippen LogP contribution in [-0.2, 0) is 0 Å². The number of aryl methyl sites for hydroxylation is 1. The lowest BCUT2D eigenvalue weighted by Crippen LogP contribution is -2.31. The summed E-state index contributed by atoms with van der Waals surface area (Å²) in [6.07, 6.45) is 6.38. The molecule has 0 bridgehead atoms. The predicted octanol–water partition coefficient (Wildman–Crippen LogP) is 3.03. The number of carbonyl (C=O) groups is 1. The lowest BCUT2D eigenvalue weighted by molar-refractivity contribution is 0.0950. The second-order valence-electron chi connectivity index (χ2n) is 8.16. The van der Waals surface area contributed by atoms with Gasteiger partial charge in [-0.1, -0.05) is 6.07 Å². The van der Waals surface area contributed by atoms with Crippen LogP contribution in [-0.4, -0.2) is 56.9 Å². The fourth-order valence-corrected chi connectivity index (χ4v) is 4.18. The Morgan fingerprint density at radius 2 is 2.12 bits per heavy atom. The lowest BCUT2D eigenvalue weighted by Gasteiger charge is -2.19. The smallest absolute Gasteiger partial charge is 0.252 e. The van der Waals surface area contributed by atoms with Gasteiger partial charge >= 0.3 is 0 Å². The van der Waals surface area contributed by atoms with Crippen LogP contribution >= 0.6 is 0 Å². The summed E-state index contributed by atoms with van der Waals surface area (Å²) in [7, 11) is 2.13. The summed E-state index contributed by atoms with van der Waals surface area (Å²) in [6, 6.07) is 11.2. The molecule has 1 amide bonds. The Balaban J connectivity index is 1.44. The number of carbonyl (C=O) groups excluding carboxylic acids is 1. The number of aromatic nitrogens is 3. The number of hydrogen-bond acceptors (Lipinski definition) is 6. The van der Waals surface area contributed by atoms with E-state index < -0.39 is 0 Å². The second kappa shape index (κ2) is 9.20. The number of aromatic hydroxyl groups is 1. The van der Waals surface area contributed by atoms with E-state index in [1.165, 1.54) is 23.7 Å². The van der Waals surface area contributed by atoms with Crippen molar-refractivity contribution < 1.29 is 9.90 Å². The minimum absolute atomic E-state index is 0.0526. The molecule has 1 fully saturated rings. The summed E-state index contributed by atoms with van der Waals surface area (Å²) in [5, 5.41) is 27.0. The third-order valence-electron chi connectivity index (χ3n) is 6.05. The quantitative estimate of drug-likeness (QED) is 0.622. The zero-order valence-corrected chi connectivity index (χ0v) is 18.2. The van der Waals surface area contributed by atoms with Crippen molar-refractivity contribution in [2.45, 2.75) is 32.2 Å². The average molecular weight is 431 g/mol. The molecule has 0 radical (unpaired) electrons. The highest BCUT2D eigenvalue weighted by molar-refractivity contribution is 5.93. The first kappa shape index (κ1) is 21.5. The number of nitrogens with zero attached hydrogens (tertiary/aromatic N) is 5. The van der Waals surface area contributed by atoms with E-state index in [4.69, 9.17) is 5.26 Å². The number of likely N-dealkylation sites (tertiary alicyclic amines) is 1. The van der Waals surface area contributed by atoms with Crippen molar-refractivity contribution >= 4 is 5.91 Å². The van der Waals surface area contributed by atoms with Crippen molar-refractivity contribution in [1.29, 1.82) is 5.26 Å². The van der Waals surface area contributed by atoms with Crippen molar-refractivity contribution in [2.75, 3.05) is 20.1 Å². The van der Waals surface area contributed by atoms with Gasteiger partial charge in [0.1, 0.15) is 0 Å². The van der Waals surface area contributed by atoms with Gasteiger partial charge in [0.15, 0.2) is 5.82 Å². The van der Waals surface area contributed by atoms with Crippen molar-refractivity contribution in [1.82, 2.24) is 25.0 Å². The van der Waals surface area contributed by atoms with E-state index >= 15 is 0 Å². The Morgan fingerprint density at radius 3 is 2.78 bits per heavy atom. The molecule has 164 valence electrons. The maximum atomic E-state index is 12.4. The largest absolute Gasteiger partial charge is 0.493 e. The second-order valence-corrected chi connectivity index (χ2v) is 8.16. The van der Waals surface area contributed by atoms with E-state index in [-0.39, 0.29) is 11.8 Å². The van der Waals surface area contributed by atoms with Gasteiger partial charge in [-0.2, -0.15) is 15.0 Å². The van der Waals surface area contributed by atoms with Gasteiger partial charge in [0.2, 0.25) is 5.88 Å². The van der Waals surface area contributed by atoms with Crippen LogP contribution in [0.3, 0.4) is 0 Å². The van der Waals surface area contributed by atoms with Crippen molar-refractivity contribution in [3.05, 3.63) is 59.4 Å². The molecule has 2 aromatic heterocycles. The van der Waals surface area contributed by atoms with E-state index in [0.29, 0.717) is 35.1 Å². The molecule has 0 spiro atoms. The van der Waals surface area contributed by atoms with E-state index in [0.717, 1.165) is 24.1 Å². The molecule has 2 N–H and O–H groups in total. The van der Waals surface area contributed by atoms with E-state index in [1.54, 1.807) is 36.5 Å². The minimum Gasteiger partial charge on any atom is -0.493 e. The summed E-state index contributed by atoms with van der Waals surface area (Å²) in [4.78, 5) is 19.1. The van der Waals surface area contributed by atoms with Crippen molar-refractivity contribution in [3.63, 3.8) is 0 Å². The highest BCUT2D eigenvalue weighted by Crippen LogP contribution is 2.33. The zero-order chi connectivity index (χ0) is 22.7. The maximum Gasteiger partial charge on any atom is 0.252 e. The van der Waals surface area contributed by atoms with Gasteiger partial charge in [0.25, 0.3) is 5.91 Å². The van der Waals surface area contributed by atoms with Crippen LogP contribution in [0.15, 0.2) is 42.7 Å². The summed E-state index contributed by atoms with van der Waals surface area (Å²) in [5.74, 6) is 0.190. The molecule has 1 saturated heterocycles. The fourth-order valence-electron chi connectivity index (χ4n) is 4.18. The number of benzene rings is 1. The summed E-state index contributed by atoms with van der Waals surface area (Å²) in [6.45, 7) is 3.63. The van der Waals surface area contributed by atoms with E-state index in [9.17, 15) is 9.90 Å². The Bertz CT molecular complexity index is 1160. The van der Waals surface area contributed by atoms with Crippen molar-refractivity contribution in [2.24, 2.45) is 0 Å². The molecule has 1 aliphatic rings. The fraction of sp³-hybridized carbons (Fsp3) is 0.333. The third kappa shape index (κ3) is 4.34. The SMILES string of the molecule is Cc1cc(C#N)ccc1-c1cnn(-c2ccc(C(=O)NCCC3CCCN3C)cn2)c1O. The number of pyridine rings is 1. The van der Waals surface area contributed by atoms with Gasteiger partial charge in [-0.3, -0.25) is 4.79 Å². The van der Waals surface area contributed by atoms with Crippen LogP contribution < -0.4 is 5.32 Å². The summed E-state index contributed by atoms with van der Waals surface area (Å²) in [5.41, 5.74) is 3.22. The molecule has 3 aromatic rings. The molecule has 4 rings (SSSR count). The van der Waals surface area contributed by atoms with Gasteiger partial charge in [0, 0.05) is 18.8 Å². The molecule has 3 heterocycles. The van der Waals surface area contributed by atoms with Gasteiger partial charge in [-0.25, -0.2) is 4.98 Å². The highest BCUT2D eigenvalue weighted by Gasteiger charge is 2.20. The lowest BCUT2D eigenvalue weighted by atomic mass is 10.0. The number of rotatable bonds is 6. The normalized spacial score (nSPS) is 16.1. The molecule has 1 aromatic carbocycles. The third-order valence-corrected chi connectivity index (χ3v) is 6.05. The Hall–Kier alpha value is -3.70. The Morgan fingerprint density at radius 1 is 1.28 bits per heavy atom. The van der Waals surface area contributed by atoms with Gasteiger partial charge in [-0.05, 0) is 75.2 Å². The predicted molar refractivity (Wildman–Crippen MR) is 121 cm³/mol. The van der Waals surface area contributed by atoms with Crippen LogP contribution in [0.5, 0.6) is 5.88 Å². The molecule has 0 saturated carbocycles.